The molecular formula is C18H29N3O2. The SMILES string of the molecule is Cc1ccc(CCN2CCN(C(=O)OC(C)(C)C)[C@H](C)C2)nc1. The minimum absolute atomic E-state index is 0.171. The van der Waals surface area contributed by atoms with Crippen LogP contribution in [0.5, 0.6) is 0 Å². The monoisotopic (exact) mass is 319 g/mol. The van der Waals surface area contributed by atoms with E-state index in [2.05, 4.69) is 28.9 Å². The molecule has 2 heterocycles. The number of ether oxygens (including phenoxy) is 1. The van der Waals surface area contributed by atoms with Crippen LogP contribution < -0.4 is 0 Å². The molecule has 0 bridgehead atoms. The predicted molar refractivity (Wildman–Crippen MR) is 91.5 cm³/mol. The van der Waals surface area contributed by atoms with Crippen LogP contribution in [0.15, 0.2) is 18.3 Å². The van der Waals surface area contributed by atoms with Crippen molar-refractivity contribution >= 4 is 6.09 Å². The highest BCUT2D eigenvalue weighted by Gasteiger charge is 2.30. The molecule has 128 valence electrons. The van der Waals surface area contributed by atoms with Gasteiger partial charge in [-0.1, -0.05) is 6.07 Å². The molecule has 0 saturated carbocycles. The maximum Gasteiger partial charge on any atom is 0.410 e. The van der Waals surface area contributed by atoms with Crippen LogP contribution in [-0.4, -0.2) is 58.7 Å². The summed E-state index contributed by atoms with van der Waals surface area (Å²) < 4.78 is 5.48. The second kappa shape index (κ2) is 7.30. The average Bonchev–Trinajstić information content (AvgIpc) is 2.45. The minimum Gasteiger partial charge on any atom is -0.444 e. The van der Waals surface area contributed by atoms with Crippen molar-refractivity contribution in [2.24, 2.45) is 0 Å². The highest BCUT2D eigenvalue weighted by molar-refractivity contribution is 5.68. The molecule has 1 atom stereocenters. The number of aryl methyl sites for hydroxylation is 1. The van der Waals surface area contributed by atoms with Crippen LogP contribution in [0.25, 0.3) is 0 Å². The minimum atomic E-state index is -0.439. The van der Waals surface area contributed by atoms with Gasteiger partial charge in [-0.2, -0.15) is 0 Å². The lowest BCUT2D eigenvalue weighted by Crippen LogP contribution is -2.55. The van der Waals surface area contributed by atoms with Gasteiger partial charge in [-0.15, -0.1) is 0 Å². The number of pyridine rings is 1. The van der Waals surface area contributed by atoms with Crippen LogP contribution in [0.4, 0.5) is 4.79 Å². The van der Waals surface area contributed by atoms with Gasteiger partial charge < -0.3 is 9.64 Å². The first-order valence-electron chi connectivity index (χ1n) is 8.38. The highest BCUT2D eigenvalue weighted by atomic mass is 16.6. The standard InChI is InChI=1S/C18H29N3O2/c1-14-6-7-16(19-12-14)8-9-20-10-11-21(15(2)13-20)17(22)23-18(3,4)5/h6-7,12,15H,8-11,13H2,1-5H3/t15-/m1/s1. The van der Waals surface area contributed by atoms with Gasteiger partial charge in [0.1, 0.15) is 5.60 Å². The van der Waals surface area contributed by atoms with Gasteiger partial charge in [0.15, 0.2) is 0 Å². The number of hydrogen-bond donors (Lipinski definition) is 0. The number of rotatable bonds is 3. The summed E-state index contributed by atoms with van der Waals surface area (Å²) in [6.07, 6.45) is 2.66. The summed E-state index contributed by atoms with van der Waals surface area (Å²) in [5, 5.41) is 0. The fourth-order valence-electron chi connectivity index (χ4n) is 2.75. The van der Waals surface area contributed by atoms with E-state index in [1.54, 1.807) is 0 Å². The molecule has 0 aromatic carbocycles. The summed E-state index contributed by atoms with van der Waals surface area (Å²) in [4.78, 5) is 20.9. The molecule has 23 heavy (non-hydrogen) atoms. The molecule has 0 aliphatic carbocycles. The maximum atomic E-state index is 12.2. The zero-order valence-electron chi connectivity index (χ0n) is 15.0. The molecular weight excluding hydrogens is 290 g/mol. The van der Waals surface area contributed by atoms with Crippen LogP contribution in [-0.2, 0) is 11.2 Å². The third-order valence-electron chi connectivity index (χ3n) is 4.00. The molecule has 0 spiro atoms. The lowest BCUT2D eigenvalue weighted by molar-refractivity contribution is 0.00160. The zero-order chi connectivity index (χ0) is 17.0. The second-order valence-corrected chi connectivity index (χ2v) is 7.40. The van der Waals surface area contributed by atoms with Gasteiger partial charge in [0, 0.05) is 50.5 Å². The smallest absolute Gasteiger partial charge is 0.410 e. The number of hydrogen-bond acceptors (Lipinski definition) is 4. The maximum absolute atomic E-state index is 12.2. The van der Waals surface area contributed by atoms with Crippen LogP contribution >= 0.6 is 0 Å². The molecule has 1 aromatic rings. The van der Waals surface area contributed by atoms with Crippen LogP contribution in [0.3, 0.4) is 0 Å². The molecule has 5 nitrogen and oxygen atoms in total. The third-order valence-corrected chi connectivity index (χ3v) is 4.00. The second-order valence-electron chi connectivity index (χ2n) is 7.40. The Hall–Kier alpha value is -1.62. The number of nitrogens with zero attached hydrogens (tertiary/aromatic N) is 3. The van der Waals surface area contributed by atoms with E-state index in [0.717, 1.165) is 38.3 Å². The molecule has 1 amide bonds. The summed E-state index contributed by atoms with van der Waals surface area (Å²) in [5.74, 6) is 0. The lowest BCUT2D eigenvalue weighted by Gasteiger charge is -2.40. The van der Waals surface area contributed by atoms with Gasteiger partial charge in [0.2, 0.25) is 0 Å². The molecule has 0 N–H and O–H groups in total. The van der Waals surface area contributed by atoms with Gasteiger partial charge in [0.05, 0.1) is 0 Å². The van der Waals surface area contributed by atoms with E-state index in [1.807, 2.05) is 38.8 Å². The van der Waals surface area contributed by atoms with Crippen molar-refractivity contribution in [1.82, 2.24) is 14.8 Å². The van der Waals surface area contributed by atoms with E-state index in [-0.39, 0.29) is 12.1 Å². The van der Waals surface area contributed by atoms with Crippen molar-refractivity contribution in [3.8, 4) is 0 Å². The molecule has 1 aliphatic heterocycles. The molecule has 5 heteroatoms. The van der Waals surface area contributed by atoms with Crippen molar-refractivity contribution in [2.75, 3.05) is 26.2 Å². The molecule has 0 radical (unpaired) electrons. The van der Waals surface area contributed by atoms with Crippen molar-refractivity contribution in [3.05, 3.63) is 29.6 Å². The predicted octanol–water partition coefficient (Wildman–Crippen LogP) is 2.87. The Balaban J connectivity index is 1.81. The topological polar surface area (TPSA) is 45.7 Å². The molecule has 1 fully saturated rings. The number of aromatic nitrogens is 1. The van der Waals surface area contributed by atoms with Gasteiger partial charge in [-0.05, 0) is 46.2 Å². The van der Waals surface area contributed by atoms with Crippen LogP contribution in [0.2, 0.25) is 0 Å². The Morgan fingerprint density at radius 3 is 2.65 bits per heavy atom. The molecule has 1 aliphatic rings. The number of carbonyl (C=O) groups is 1. The summed E-state index contributed by atoms with van der Waals surface area (Å²) in [6.45, 7) is 13.3. The summed E-state index contributed by atoms with van der Waals surface area (Å²) in [6, 6.07) is 4.37. The third kappa shape index (κ3) is 5.50. The van der Waals surface area contributed by atoms with Crippen molar-refractivity contribution in [3.63, 3.8) is 0 Å². The van der Waals surface area contributed by atoms with E-state index in [9.17, 15) is 4.79 Å². The quantitative estimate of drug-likeness (QED) is 0.859. The molecule has 0 unspecified atom stereocenters. The Kier molecular flexibility index (Phi) is 5.63. The number of amides is 1. The number of carbonyl (C=O) groups excluding carboxylic acids is 1. The van der Waals surface area contributed by atoms with E-state index < -0.39 is 5.60 Å². The molecule has 1 aromatic heterocycles. The van der Waals surface area contributed by atoms with E-state index in [1.165, 1.54) is 5.56 Å². The lowest BCUT2D eigenvalue weighted by atomic mass is 10.1. The van der Waals surface area contributed by atoms with Gasteiger partial charge in [-0.3, -0.25) is 9.88 Å². The first kappa shape index (κ1) is 17.7. The average molecular weight is 319 g/mol. The Labute approximate surface area is 139 Å². The Morgan fingerprint density at radius 1 is 1.35 bits per heavy atom. The van der Waals surface area contributed by atoms with E-state index in [4.69, 9.17) is 4.74 Å². The van der Waals surface area contributed by atoms with Crippen molar-refractivity contribution in [2.45, 2.75) is 52.7 Å². The van der Waals surface area contributed by atoms with Crippen LogP contribution in [0, 0.1) is 6.92 Å². The fourth-order valence-corrected chi connectivity index (χ4v) is 2.75. The zero-order valence-corrected chi connectivity index (χ0v) is 15.0. The van der Waals surface area contributed by atoms with Gasteiger partial charge in [-0.25, -0.2) is 4.79 Å². The normalized spacial score (nSPS) is 19.7. The van der Waals surface area contributed by atoms with Gasteiger partial charge in [0.25, 0.3) is 0 Å². The van der Waals surface area contributed by atoms with Crippen molar-refractivity contribution in [1.29, 1.82) is 0 Å². The summed E-state index contributed by atoms with van der Waals surface area (Å²) in [7, 11) is 0. The van der Waals surface area contributed by atoms with E-state index >= 15 is 0 Å². The van der Waals surface area contributed by atoms with Crippen LogP contribution in [0.1, 0.15) is 39.0 Å². The number of piperazine rings is 1. The molecule has 2 rings (SSSR count). The highest BCUT2D eigenvalue weighted by Crippen LogP contribution is 2.16. The van der Waals surface area contributed by atoms with Gasteiger partial charge >= 0.3 is 6.09 Å². The van der Waals surface area contributed by atoms with E-state index in [0.29, 0.717) is 0 Å². The Morgan fingerprint density at radius 2 is 2.09 bits per heavy atom. The fraction of sp³-hybridized carbons (Fsp3) is 0.667. The summed E-state index contributed by atoms with van der Waals surface area (Å²) in [5.41, 5.74) is 1.87. The summed E-state index contributed by atoms with van der Waals surface area (Å²) >= 11 is 0. The first-order valence-corrected chi connectivity index (χ1v) is 8.38. The van der Waals surface area contributed by atoms with Crippen molar-refractivity contribution < 1.29 is 9.53 Å². The first-order chi connectivity index (χ1) is 10.7. The largest absolute Gasteiger partial charge is 0.444 e. The Bertz CT molecular complexity index is 522. The molecule has 1 saturated heterocycles.